The van der Waals surface area contributed by atoms with Crippen LogP contribution in [-0.2, 0) is 20.0 Å². The molecule has 0 aliphatic carbocycles. The molecule has 0 N–H and O–H groups in total. The first kappa shape index (κ1) is 14.4. The lowest BCUT2D eigenvalue weighted by Crippen LogP contribution is -2.14. The molecular formula is C13H20O3S. The molecule has 0 spiro atoms. The molecule has 1 rings (SSSR count). The van der Waals surface area contributed by atoms with Gasteiger partial charge in [0.15, 0.2) is 11.1 Å². The van der Waals surface area contributed by atoms with Gasteiger partial charge in [0.2, 0.25) is 0 Å². The van der Waals surface area contributed by atoms with Crippen LogP contribution in [-0.4, -0.2) is 23.5 Å². The van der Waals surface area contributed by atoms with Crippen molar-refractivity contribution >= 4 is 11.1 Å². The monoisotopic (exact) mass is 256 g/mol. The van der Waals surface area contributed by atoms with E-state index in [0.717, 1.165) is 18.4 Å². The normalized spacial score (nSPS) is 23.2. The summed E-state index contributed by atoms with van der Waals surface area (Å²) in [5.41, 5.74) is 1.13. The molecule has 2 atom stereocenters. The van der Waals surface area contributed by atoms with E-state index in [0.29, 0.717) is 18.1 Å². The Morgan fingerprint density at radius 2 is 2.35 bits per heavy atom. The quantitative estimate of drug-likeness (QED) is 0.685. The zero-order valence-electron chi connectivity index (χ0n) is 10.5. The molecule has 96 valence electrons. The Morgan fingerprint density at radius 1 is 1.59 bits per heavy atom. The van der Waals surface area contributed by atoms with Crippen LogP contribution in [0.4, 0.5) is 0 Å². The summed E-state index contributed by atoms with van der Waals surface area (Å²) in [5.74, 6) is 0. The fraction of sp³-hybridized carbons (Fsp3) is 0.538. The summed E-state index contributed by atoms with van der Waals surface area (Å²) >= 11 is -1.46. The smallest absolute Gasteiger partial charge is 0.188 e. The van der Waals surface area contributed by atoms with E-state index in [-0.39, 0.29) is 6.10 Å². The molecule has 0 amide bonds. The Bertz CT molecular complexity index is 339. The van der Waals surface area contributed by atoms with Crippen LogP contribution in [0.1, 0.15) is 26.7 Å². The lowest BCUT2D eigenvalue weighted by molar-refractivity contribution is 0.151. The second kappa shape index (κ2) is 7.58. The van der Waals surface area contributed by atoms with E-state index in [1.54, 1.807) is 6.08 Å². The fourth-order valence-corrected chi connectivity index (χ4v) is 2.15. The third-order valence-electron chi connectivity index (χ3n) is 2.38. The third-order valence-corrected chi connectivity index (χ3v) is 3.39. The SMILES string of the molecule is C=C(C=CC(C)=CCC)S(=O)OC1CCOC1. The number of hydrogen-bond acceptors (Lipinski definition) is 3. The van der Waals surface area contributed by atoms with Gasteiger partial charge in [-0.15, -0.1) is 0 Å². The van der Waals surface area contributed by atoms with Crippen molar-refractivity contribution in [2.45, 2.75) is 32.8 Å². The van der Waals surface area contributed by atoms with Gasteiger partial charge in [0, 0.05) is 13.0 Å². The van der Waals surface area contributed by atoms with E-state index in [1.165, 1.54) is 0 Å². The van der Waals surface area contributed by atoms with Gasteiger partial charge < -0.3 is 4.74 Å². The van der Waals surface area contributed by atoms with Crippen molar-refractivity contribution in [2.24, 2.45) is 0 Å². The predicted molar refractivity (Wildman–Crippen MR) is 70.8 cm³/mol. The average Bonchev–Trinajstić information content (AvgIpc) is 2.79. The fourth-order valence-electron chi connectivity index (χ4n) is 1.44. The molecule has 17 heavy (non-hydrogen) atoms. The summed E-state index contributed by atoms with van der Waals surface area (Å²) in [6.07, 6.45) is 7.47. The summed E-state index contributed by atoms with van der Waals surface area (Å²) in [4.78, 5) is 0.487. The van der Waals surface area contributed by atoms with Gasteiger partial charge in [-0.2, -0.15) is 0 Å². The van der Waals surface area contributed by atoms with E-state index < -0.39 is 11.1 Å². The molecule has 0 radical (unpaired) electrons. The summed E-state index contributed by atoms with van der Waals surface area (Å²) in [6, 6.07) is 0. The maximum Gasteiger partial charge on any atom is 0.188 e. The molecule has 1 aliphatic heterocycles. The van der Waals surface area contributed by atoms with Crippen molar-refractivity contribution in [1.29, 1.82) is 0 Å². The zero-order chi connectivity index (χ0) is 12.7. The zero-order valence-corrected chi connectivity index (χ0v) is 11.3. The van der Waals surface area contributed by atoms with Gasteiger partial charge in [-0.1, -0.05) is 31.2 Å². The van der Waals surface area contributed by atoms with E-state index >= 15 is 0 Å². The Labute approximate surface area is 106 Å². The van der Waals surface area contributed by atoms with Crippen molar-refractivity contribution < 1.29 is 13.1 Å². The highest BCUT2D eigenvalue weighted by atomic mass is 32.2. The molecule has 0 aromatic carbocycles. The van der Waals surface area contributed by atoms with Gasteiger partial charge in [0.1, 0.15) is 6.10 Å². The molecule has 0 aromatic rings. The van der Waals surface area contributed by atoms with Crippen molar-refractivity contribution in [3.63, 3.8) is 0 Å². The first-order valence-electron chi connectivity index (χ1n) is 5.84. The number of allylic oxidation sites excluding steroid dienone is 4. The molecule has 3 nitrogen and oxygen atoms in total. The lowest BCUT2D eigenvalue weighted by Gasteiger charge is -2.07. The lowest BCUT2D eigenvalue weighted by atomic mass is 10.2. The molecule has 1 saturated heterocycles. The summed E-state index contributed by atoms with van der Waals surface area (Å²) in [5, 5.41) is 0. The maximum atomic E-state index is 11.7. The highest BCUT2D eigenvalue weighted by Gasteiger charge is 2.19. The van der Waals surface area contributed by atoms with Gasteiger partial charge in [0.05, 0.1) is 11.5 Å². The highest BCUT2D eigenvalue weighted by molar-refractivity contribution is 7.84. The predicted octanol–water partition coefficient (Wildman–Crippen LogP) is 2.88. The summed E-state index contributed by atoms with van der Waals surface area (Å²) in [6.45, 7) is 9.04. The molecule has 0 bridgehead atoms. The Morgan fingerprint density at radius 3 is 2.94 bits per heavy atom. The van der Waals surface area contributed by atoms with Gasteiger partial charge in [-0.05, 0) is 19.4 Å². The van der Waals surface area contributed by atoms with Crippen molar-refractivity contribution in [1.82, 2.24) is 0 Å². The maximum absolute atomic E-state index is 11.7. The highest BCUT2D eigenvalue weighted by Crippen LogP contribution is 2.14. The summed E-state index contributed by atoms with van der Waals surface area (Å²) in [7, 11) is 0. The van der Waals surface area contributed by atoms with Gasteiger partial charge in [-0.3, -0.25) is 4.18 Å². The second-order valence-electron chi connectivity index (χ2n) is 3.97. The van der Waals surface area contributed by atoms with E-state index in [2.05, 4.69) is 19.6 Å². The largest absolute Gasteiger partial charge is 0.379 e. The summed E-state index contributed by atoms with van der Waals surface area (Å²) < 4.78 is 22.2. The first-order valence-corrected chi connectivity index (χ1v) is 6.91. The van der Waals surface area contributed by atoms with Crippen molar-refractivity contribution in [2.75, 3.05) is 13.2 Å². The van der Waals surface area contributed by atoms with E-state index in [1.807, 2.05) is 13.0 Å². The molecule has 4 heteroatoms. The standard InChI is InChI=1S/C13H20O3S/c1-4-5-11(2)6-7-12(3)17(14)16-13-8-9-15-10-13/h5-7,13H,3-4,8-10H2,1-2H3. The molecule has 0 saturated carbocycles. The minimum absolute atomic E-state index is 0.0618. The van der Waals surface area contributed by atoms with Crippen LogP contribution in [0.2, 0.25) is 0 Å². The molecule has 1 fully saturated rings. The van der Waals surface area contributed by atoms with Gasteiger partial charge in [-0.25, -0.2) is 4.21 Å². The number of hydrogen-bond donors (Lipinski definition) is 0. The minimum atomic E-state index is -1.46. The second-order valence-corrected chi connectivity index (χ2v) is 5.16. The average molecular weight is 256 g/mol. The van der Waals surface area contributed by atoms with Gasteiger partial charge in [0.25, 0.3) is 0 Å². The van der Waals surface area contributed by atoms with Crippen LogP contribution in [0.15, 0.2) is 35.3 Å². The number of rotatable bonds is 6. The van der Waals surface area contributed by atoms with Crippen LogP contribution in [0.3, 0.4) is 0 Å². The van der Waals surface area contributed by atoms with Crippen LogP contribution >= 0.6 is 0 Å². The van der Waals surface area contributed by atoms with Gasteiger partial charge >= 0.3 is 0 Å². The topological polar surface area (TPSA) is 35.5 Å². The first-order chi connectivity index (χ1) is 8.13. The Balaban J connectivity index is 2.41. The molecular weight excluding hydrogens is 236 g/mol. The molecule has 0 aromatic heterocycles. The Hall–Kier alpha value is -0.710. The van der Waals surface area contributed by atoms with Crippen LogP contribution in [0.25, 0.3) is 0 Å². The molecule has 1 heterocycles. The molecule has 1 aliphatic rings. The Kier molecular flexibility index (Phi) is 6.40. The van der Waals surface area contributed by atoms with E-state index in [4.69, 9.17) is 8.92 Å². The molecule has 2 unspecified atom stereocenters. The van der Waals surface area contributed by atoms with Crippen LogP contribution in [0, 0.1) is 0 Å². The van der Waals surface area contributed by atoms with Crippen LogP contribution < -0.4 is 0 Å². The third kappa shape index (κ3) is 5.44. The minimum Gasteiger partial charge on any atom is -0.379 e. The van der Waals surface area contributed by atoms with E-state index in [9.17, 15) is 4.21 Å². The van der Waals surface area contributed by atoms with Crippen molar-refractivity contribution in [3.05, 3.63) is 35.3 Å². The number of ether oxygens (including phenoxy) is 1. The van der Waals surface area contributed by atoms with Crippen LogP contribution in [0.5, 0.6) is 0 Å². The van der Waals surface area contributed by atoms with Crippen molar-refractivity contribution in [3.8, 4) is 0 Å².